The Balaban J connectivity index is 1.88. The lowest BCUT2D eigenvalue weighted by molar-refractivity contribution is 0.0275. The smallest absolute Gasteiger partial charge is 0.338 e. The highest BCUT2D eigenvalue weighted by molar-refractivity contribution is 5.89. The molecular formula is C14H15FO3. The summed E-state index contributed by atoms with van der Waals surface area (Å²) in [6.45, 7) is 4.24. The van der Waals surface area contributed by atoms with Crippen LogP contribution in [0.5, 0.6) is 0 Å². The highest BCUT2D eigenvalue weighted by atomic mass is 19.1. The summed E-state index contributed by atoms with van der Waals surface area (Å²) in [5.74, 6) is 0.0859. The second-order valence-electron chi connectivity index (χ2n) is 4.47. The maximum Gasteiger partial charge on any atom is 0.338 e. The second kappa shape index (κ2) is 5.06. The van der Waals surface area contributed by atoms with E-state index in [0.717, 1.165) is 6.61 Å². The number of halogens is 1. The highest BCUT2D eigenvalue weighted by Gasteiger charge is 2.45. The largest absolute Gasteiger partial charge is 0.459 e. The molecule has 2 atom stereocenters. The molecule has 0 amide bonds. The van der Waals surface area contributed by atoms with E-state index in [9.17, 15) is 9.18 Å². The number of hydrogen-bond donors (Lipinski definition) is 0. The van der Waals surface area contributed by atoms with E-state index in [1.165, 1.54) is 6.92 Å². The Morgan fingerprint density at radius 2 is 2.11 bits per heavy atom. The van der Waals surface area contributed by atoms with E-state index in [4.69, 9.17) is 9.47 Å². The van der Waals surface area contributed by atoms with Crippen LogP contribution in [0.4, 0.5) is 4.39 Å². The van der Waals surface area contributed by atoms with Crippen LogP contribution in [0.1, 0.15) is 24.2 Å². The Bertz CT molecular complexity index is 416. The zero-order chi connectivity index (χ0) is 13.2. The molecule has 0 N–H and O–H groups in total. The van der Waals surface area contributed by atoms with Gasteiger partial charge in [0.25, 0.3) is 0 Å². The van der Waals surface area contributed by atoms with E-state index < -0.39 is 17.7 Å². The Labute approximate surface area is 106 Å². The standard InChI is InChI=1S/C14H15FO3/c1-10-12(18-9-14(10,2)15)8-17-13(16)11-6-4-3-5-7-11/h3-7,9,12H,8H2,1-2H3. The lowest BCUT2D eigenvalue weighted by Crippen LogP contribution is -2.28. The molecule has 1 aliphatic heterocycles. The van der Waals surface area contributed by atoms with Crippen molar-refractivity contribution in [2.24, 2.45) is 0 Å². The van der Waals surface area contributed by atoms with Crippen molar-refractivity contribution in [2.75, 3.05) is 6.61 Å². The molecule has 0 aromatic heterocycles. The summed E-state index contributed by atoms with van der Waals surface area (Å²) in [6, 6.07) is 8.66. The number of ether oxygens (including phenoxy) is 2. The van der Waals surface area contributed by atoms with Gasteiger partial charge in [-0.3, -0.25) is 0 Å². The third-order valence-electron chi connectivity index (χ3n) is 3.08. The molecule has 2 radical (unpaired) electrons. The zero-order valence-electron chi connectivity index (χ0n) is 10.4. The van der Waals surface area contributed by atoms with Crippen molar-refractivity contribution in [3.05, 3.63) is 48.4 Å². The first-order valence-corrected chi connectivity index (χ1v) is 5.75. The van der Waals surface area contributed by atoms with Crippen LogP contribution in [0.25, 0.3) is 0 Å². The van der Waals surface area contributed by atoms with E-state index in [0.29, 0.717) is 11.5 Å². The topological polar surface area (TPSA) is 35.5 Å². The van der Waals surface area contributed by atoms with Gasteiger partial charge in [-0.05, 0) is 19.1 Å². The average molecular weight is 250 g/mol. The fraction of sp³-hybridized carbons (Fsp3) is 0.357. The second-order valence-corrected chi connectivity index (χ2v) is 4.47. The Hall–Kier alpha value is -1.42. The summed E-state index contributed by atoms with van der Waals surface area (Å²) in [6.07, 6.45) is -0.507. The molecule has 0 aliphatic carbocycles. The molecule has 1 aliphatic rings. The van der Waals surface area contributed by atoms with E-state index >= 15 is 0 Å². The monoisotopic (exact) mass is 250 g/mol. The van der Waals surface area contributed by atoms with Gasteiger partial charge in [-0.15, -0.1) is 0 Å². The van der Waals surface area contributed by atoms with E-state index in [1.807, 2.05) is 6.07 Å². The highest BCUT2D eigenvalue weighted by Crippen LogP contribution is 2.38. The first-order chi connectivity index (χ1) is 8.50. The van der Waals surface area contributed by atoms with Crippen molar-refractivity contribution in [1.82, 2.24) is 0 Å². The van der Waals surface area contributed by atoms with Crippen molar-refractivity contribution >= 4 is 5.97 Å². The number of carbonyl (C=O) groups excluding carboxylic acids is 1. The van der Waals surface area contributed by atoms with Crippen molar-refractivity contribution in [3.8, 4) is 0 Å². The SMILES string of the molecule is C[C]1C(COC(=O)c2ccccc2)O[CH]C1(C)F. The van der Waals surface area contributed by atoms with Gasteiger partial charge in [-0.1, -0.05) is 25.1 Å². The maximum atomic E-state index is 13.7. The molecule has 0 spiro atoms. The van der Waals surface area contributed by atoms with Crippen LogP contribution in [0.3, 0.4) is 0 Å². The van der Waals surface area contributed by atoms with Gasteiger partial charge in [0.05, 0.1) is 5.56 Å². The van der Waals surface area contributed by atoms with Crippen LogP contribution in [-0.4, -0.2) is 24.3 Å². The van der Waals surface area contributed by atoms with Crippen LogP contribution < -0.4 is 0 Å². The maximum absolute atomic E-state index is 13.7. The van der Waals surface area contributed by atoms with Crippen molar-refractivity contribution in [1.29, 1.82) is 0 Å². The molecule has 0 bridgehead atoms. The van der Waals surface area contributed by atoms with Crippen LogP contribution in [-0.2, 0) is 9.47 Å². The molecular weight excluding hydrogens is 235 g/mol. The number of esters is 1. The molecule has 1 heterocycles. The molecule has 1 fully saturated rings. The number of carbonyl (C=O) groups is 1. The first kappa shape index (κ1) is 13.0. The van der Waals surface area contributed by atoms with Crippen molar-refractivity contribution < 1.29 is 18.7 Å². The van der Waals surface area contributed by atoms with Gasteiger partial charge in [0, 0.05) is 5.92 Å². The molecule has 3 nitrogen and oxygen atoms in total. The van der Waals surface area contributed by atoms with Gasteiger partial charge in [0.2, 0.25) is 0 Å². The van der Waals surface area contributed by atoms with Crippen LogP contribution in [0.15, 0.2) is 30.3 Å². The lowest BCUT2D eigenvalue weighted by atomic mass is 9.92. The fourth-order valence-corrected chi connectivity index (χ4v) is 1.69. The summed E-state index contributed by atoms with van der Waals surface area (Å²) in [7, 11) is 0. The van der Waals surface area contributed by atoms with Crippen molar-refractivity contribution in [2.45, 2.75) is 25.6 Å². The van der Waals surface area contributed by atoms with E-state index in [2.05, 4.69) is 0 Å². The minimum Gasteiger partial charge on any atom is -0.459 e. The van der Waals surface area contributed by atoms with Gasteiger partial charge < -0.3 is 9.47 Å². The lowest BCUT2D eigenvalue weighted by Gasteiger charge is -2.19. The predicted molar refractivity (Wildman–Crippen MR) is 64.3 cm³/mol. The number of alkyl halides is 1. The molecule has 4 heteroatoms. The minimum atomic E-state index is -1.55. The molecule has 1 aromatic carbocycles. The average Bonchev–Trinajstić information content (AvgIpc) is 2.63. The molecule has 2 rings (SSSR count). The Kier molecular flexibility index (Phi) is 3.66. The molecule has 1 aromatic rings. The molecule has 1 saturated heterocycles. The predicted octanol–water partition coefficient (Wildman–Crippen LogP) is 2.73. The zero-order valence-corrected chi connectivity index (χ0v) is 10.4. The normalized spacial score (nSPS) is 28.3. The fourth-order valence-electron chi connectivity index (χ4n) is 1.69. The van der Waals surface area contributed by atoms with Crippen LogP contribution in [0.2, 0.25) is 0 Å². The molecule has 2 unspecified atom stereocenters. The third kappa shape index (κ3) is 2.70. The number of rotatable bonds is 3. The molecule has 0 saturated carbocycles. The van der Waals surface area contributed by atoms with Crippen molar-refractivity contribution in [3.63, 3.8) is 0 Å². The van der Waals surface area contributed by atoms with E-state index in [1.54, 1.807) is 31.2 Å². The van der Waals surface area contributed by atoms with Gasteiger partial charge in [-0.2, -0.15) is 0 Å². The Morgan fingerprint density at radius 3 is 2.67 bits per heavy atom. The van der Waals surface area contributed by atoms with Gasteiger partial charge in [0.1, 0.15) is 25.0 Å². The van der Waals surface area contributed by atoms with E-state index in [-0.39, 0.29) is 6.61 Å². The first-order valence-electron chi connectivity index (χ1n) is 5.75. The molecule has 96 valence electrons. The van der Waals surface area contributed by atoms with Gasteiger partial charge >= 0.3 is 5.97 Å². The Morgan fingerprint density at radius 1 is 1.44 bits per heavy atom. The van der Waals surface area contributed by atoms with Gasteiger partial charge in [0.15, 0.2) is 0 Å². The summed E-state index contributed by atoms with van der Waals surface area (Å²) >= 11 is 0. The number of hydrogen-bond acceptors (Lipinski definition) is 3. The summed E-state index contributed by atoms with van der Waals surface area (Å²) in [5.41, 5.74) is -1.08. The summed E-state index contributed by atoms with van der Waals surface area (Å²) in [5, 5.41) is 0. The van der Waals surface area contributed by atoms with Gasteiger partial charge in [-0.25, -0.2) is 9.18 Å². The summed E-state index contributed by atoms with van der Waals surface area (Å²) < 4.78 is 24.0. The van der Waals surface area contributed by atoms with Crippen LogP contribution >= 0.6 is 0 Å². The summed E-state index contributed by atoms with van der Waals surface area (Å²) in [4.78, 5) is 11.7. The minimum absolute atomic E-state index is 0.0234. The molecule has 18 heavy (non-hydrogen) atoms. The quantitative estimate of drug-likeness (QED) is 0.774. The van der Waals surface area contributed by atoms with Crippen LogP contribution in [0, 0.1) is 12.5 Å². The number of benzene rings is 1. The third-order valence-corrected chi connectivity index (χ3v) is 3.08.